The third kappa shape index (κ3) is 6.16. The lowest BCUT2D eigenvalue weighted by atomic mass is 9.85. The van der Waals surface area contributed by atoms with E-state index in [2.05, 4.69) is 27.9 Å². The van der Waals surface area contributed by atoms with Crippen LogP contribution in [0, 0.1) is 11.8 Å². The van der Waals surface area contributed by atoms with Gasteiger partial charge in [-0.25, -0.2) is 4.98 Å². The number of rotatable bonds is 7. The van der Waals surface area contributed by atoms with Gasteiger partial charge in [-0.05, 0) is 43.8 Å². The van der Waals surface area contributed by atoms with Crippen LogP contribution in [-0.4, -0.2) is 37.1 Å². The highest BCUT2D eigenvalue weighted by Gasteiger charge is 2.21. The van der Waals surface area contributed by atoms with Gasteiger partial charge in [-0.2, -0.15) is 0 Å². The first-order valence-electron chi connectivity index (χ1n) is 8.08. The average Bonchev–Trinajstić information content (AvgIpc) is 2.54. The molecule has 1 aromatic rings. The van der Waals surface area contributed by atoms with Crippen LogP contribution in [0.2, 0.25) is 10.0 Å². The number of halogens is 2. The predicted octanol–water partition coefficient (Wildman–Crippen LogP) is 2.94. The van der Waals surface area contributed by atoms with Crippen LogP contribution in [0.4, 0.5) is 5.82 Å². The molecule has 5 nitrogen and oxygen atoms in total. The van der Waals surface area contributed by atoms with Crippen molar-refractivity contribution in [3.05, 3.63) is 22.3 Å². The fourth-order valence-corrected chi connectivity index (χ4v) is 3.27. The van der Waals surface area contributed by atoms with E-state index in [1.165, 1.54) is 19.0 Å². The van der Waals surface area contributed by atoms with Crippen molar-refractivity contribution in [3.8, 4) is 0 Å². The molecule has 23 heavy (non-hydrogen) atoms. The summed E-state index contributed by atoms with van der Waals surface area (Å²) in [5.41, 5.74) is 0. The van der Waals surface area contributed by atoms with Crippen molar-refractivity contribution in [2.24, 2.45) is 11.8 Å². The minimum atomic E-state index is 0.0973. The van der Waals surface area contributed by atoms with Gasteiger partial charge in [0.05, 0.1) is 10.0 Å². The van der Waals surface area contributed by atoms with Crippen LogP contribution >= 0.6 is 23.2 Å². The molecule has 0 aliphatic carbocycles. The van der Waals surface area contributed by atoms with E-state index in [0.29, 0.717) is 47.2 Å². The summed E-state index contributed by atoms with van der Waals surface area (Å²) in [5, 5.41) is 10.4. The summed E-state index contributed by atoms with van der Waals surface area (Å²) in [6, 6.07) is 1.64. The Morgan fingerprint density at radius 2 is 2.30 bits per heavy atom. The molecule has 1 aliphatic heterocycles. The molecule has 7 heteroatoms. The molecule has 0 bridgehead atoms. The summed E-state index contributed by atoms with van der Waals surface area (Å²) < 4.78 is 0. The molecular formula is C16H24Cl2N4O. The van der Waals surface area contributed by atoms with Gasteiger partial charge < -0.3 is 16.0 Å². The monoisotopic (exact) mass is 358 g/mol. The van der Waals surface area contributed by atoms with Gasteiger partial charge in [-0.15, -0.1) is 0 Å². The maximum absolute atomic E-state index is 12.0. The number of carbonyl (C=O) groups is 1. The molecule has 3 N–H and O–H groups in total. The van der Waals surface area contributed by atoms with Crippen LogP contribution in [0.25, 0.3) is 0 Å². The van der Waals surface area contributed by atoms with E-state index in [-0.39, 0.29) is 5.91 Å². The summed E-state index contributed by atoms with van der Waals surface area (Å²) in [7, 11) is 0. The van der Waals surface area contributed by atoms with Crippen LogP contribution in [0.5, 0.6) is 0 Å². The molecular weight excluding hydrogens is 335 g/mol. The maximum Gasteiger partial charge on any atom is 0.220 e. The van der Waals surface area contributed by atoms with Crippen molar-refractivity contribution < 1.29 is 4.79 Å². The summed E-state index contributed by atoms with van der Waals surface area (Å²) in [6.45, 7) is 5.39. The van der Waals surface area contributed by atoms with Crippen molar-refractivity contribution in [2.75, 3.05) is 31.5 Å². The van der Waals surface area contributed by atoms with Crippen molar-refractivity contribution in [1.82, 2.24) is 15.6 Å². The van der Waals surface area contributed by atoms with E-state index in [0.717, 1.165) is 13.1 Å². The van der Waals surface area contributed by atoms with E-state index in [9.17, 15) is 4.79 Å². The number of nitrogens with one attached hydrogen (secondary N) is 3. The molecule has 0 aromatic carbocycles. The van der Waals surface area contributed by atoms with Gasteiger partial charge in [-0.1, -0.05) is 30.1 Å². The van der Waals surface area contributed by atoms with E-state index in [1.54, 1.807) is 6.07 Å². The molecule has 2 rings (SSSR count). The fourth-order valence-electron chi connectivity index (χ4n) is 2.82. The van der Waals surface area contributed by atoms with Crippen molar-refractivity contribution in [2.45, 2.75) is 26.2 Å². The first-order chi connectivity index (χ1) is 11.1. The second-order valence-electron chi connectivity index (χ2n) is 6.05. The fraction of sp³-hybridized carbons (Fsp3) is 0.625. The number of piperidine rings is 1. The summed E-state index contributed by atoms with van der Waals surface area (Å²) in [5.74, 6) is 1.68. The molecule has 1 aromatic heterocycles. The number of hydrogen-bond acceptors (Lipinski definition) is 4. The highest BCUT2D eigenvalue weighted by molar-refractivity contribution is 6.35. The maximum atomic E-state index is 12.0. The van der Waals surface area contributed by atoms with Gasteiger partial charge in [0, 0.05) is 25.7 Å². The lowest BCUT2D eigenvalue weighted by Crippen LogP contribution is -2.36. The Kier molecular flexibility index (Phi) is 7.40. The lowest BCUT2D eigenvalue weighted by Gasteiger charge is -2.28. The zero-order valence-electron chi connectivity index (χ0n) is 13.4. The smallest absolute Gasteiger partial charge is 0.220 e. The van der Waals surface area contributed by atoms with Gasteiger partial charge >= 0.3 is 0 Å². The molecule has 2 unspecified atom stereocenters. The van der Waals surface area contributed by atoms with Gasteiger partial charge in [0.2, 0.25) is 5.91 Å². The Morgan fingerprint density at radius 1 is 1.48 bits per heavy atom. The van der Waals surface area contributed by atoms with E-state index < -0.39 is 0 Å². The highest BCUT2D eigenvalue weighted by Crippen LogP contribution is 2.23. The van der Waals surface area contributed by atoms with Gasteiger partial charge in [0.25, 0.3) is 0 Å². The second-order valence-corrected chi connectivity index (χ2v) is 6.89. The minimum absolute atomic E-state index is 0.0973. The summed E-state index contributed by atoms with van der Waals surface area (Å²) in [6.07, 6.45) is 4.53. The van der Waals surface area contributed by atoms with Crippen molar-refractivity contribution in [1.29, 1.82) is 0 Å². The number of aromatic nitrogens is 1. The average molecular weight is 359 g/mol. The number of anilines is 1. The Hall–Kier alpha value is -1.04. The van der Waals surface area contributed by atoms with E-state index in [4.69, 9.17) is 23.2 Å². The van der Waals surface area contributed by atoms with Gasteiger partial charge in [-0.3, -0.25) is 4.79 Å². The van der Waals surface area contributed by atoms with Gasteiger partial charge in [0.15, 0.2) is 0 Å². The molecule has 0 radical (unpaired) electrons. The number of amides is 1. The van der Waals surface area contributed by atoms with Crippen LogP contribution in [0.3, 0.4) is 0 Å². The third-order valence-corrected chi connectivity index (χ3v) is 4.69. The predicted molar refractivity (Wildman–Crippen MR) is 95.1 cm³/mol. The largest absolute Gasteiger partial charge is 0.367 e. The normalized spacial score (nSPS) is 19.2. The lowest BCUT2D eigenvalue weighted by molar-refractivity contribution is -0.122. The number of nitrogens with zero attached hydrogens (tertiary/aromatic N) is 1. The first-order valence-corrected chi connectivity index (χ1v) is 8.84. The number of pyridine rings is 1. The van der Waals surface area contributed by atoms with Crippen molar-refractivity contribution >= 4 is 34.9 Å². The Balaban J connectivity index is 1.64. The SMILES string of the molecule is CC(CC(=O)NCCNc1ncc(Cl)cc1Cl)C1CCCNC1. The van der Waals surface area contributed by atoms with Crippen molar-refractivity contribution in [3.63, 3.8) is 0 Å². The van der Waals surface area contributed by atoms with E-state index in [1.807, 2.05) is 0 Å². The summed E-state index contributed by atoms with van der Waals surface area (Å²) >= 11 is 11.8. The molecule has 1 aliphatic rings. The van der Waals surface area contributed by atoms with Crippen LogP contribution in [-0.2, 0) is 4.79 Å². The molecule has 1 fully saturated rings. The standard InChI is InChI=1S/C16H24Cl2N4O/c1-11(12-3-2-4-19-9-12)7-15(23)20-5-6-21-16-14(18)8-13(17)10-22-16/h8,10-12,19H,2-7,9H2,1H3,(H,20,23)(H,21,22). The molecule has 0 saturated carbocycles. The van der Waals surface area contributed by atoms with Crippen LogP contribution in [0.1, 0.15) is 26.2 Å². The Labute approximate surface area is 147 Å². The number of carbonyl (C=O) groups excluding carboxylic acids is 1. The Morgan fingerprint density at radius 3 is 3.00 bits per heavy atom. The minimum Gasteiger partial charge on any atom is -0.367 e. The van der Waals surface area contributed by atoms with Crippen LogP contribution < -0.4 is 16.0 Å². The molecule has 2 heterocycles. The van der Waals surface area contributed by atoms with Gasteiger partial charge in [0.1, 0.15) is 5.82 Å². The topological polar surface area (TPSA) is 66.0 Å². The third-order valence-electron chi connectivity index (χ3n) is 4.19. The quantitative estimate of drug-likeness (QED) is 0.655. The Bertz CT molecular complexity index is 521. The molecule has 0 spiro atoms. The van der Waals surface area contributed by atoms with Crippen LogP contribution in [0.15, 0.2) is 12.3 Å². The molecule has 128 valence electrons. The molecule has 2 atom stereocenters. The second kappa shape index (κ2) is 9.30. The zero-order valence-corrected chi connectivity index (χ0v) is 14.9. The van der Waals surface area contributed by atoms with E-state index >= 15 is 0 Å². The molecule has 1 saturated heterocycles. The highest BCUT2D eigenvalue weighted by atomic mass is 35.5. The molecule has 1 amide bonds. The summed E-state index contributed by atoms with van der Waals surface area (Å²) in [4.78, 5) is 16.1. The number of hydrogen-bond donors (Lipinski definition) is 3. The zero-order chi connectivity index (χ0) is 16.7. The first kappa shape index (κ1) is 18.3.